The van der Waals surface area contributed by atoms with E-state index in [-0.39, 0.29) is 11.6 Å². The molecule has 0 amide bonds. The van der Waals surface area contributed by atoms with Crippen molar-refractivity contribution in [2.24, 2.45) is 0 Å². The number of carbonyl (C=O) groups is 2. The number of hydrogen-bond donors (Lipinski definition) is 0. The molecule has 0 radical (unpaired) electrons. The summed E-state index contributed by atoms with van der Waals surface area (Å²) in [4.78, 5) is 21.7. The zero-order valence-electron chi connectivity index (χ0n) is 10.8. The molecule has 7 heteroatoms. The zero-order valence-corrected chi connectivity index (χ0v) is 13.8. The number of alkyl halides is 2. The van der Waals surface area contributed by atoms with Gasteiger partial charge in [-0.3, -0.25) is 4.79 Å². The number of rotatable bonds is 5. The van der Waals surface area contributed by atoms with E-state index >= 15 is 0 Å². The van der Waals surface area contributed by atoms with Gasteiger partial charge < -0.3 is 4.74 Å². The molecule has 0 unspecified atom stereocenters. The summed E-state index contributed by atoms with van der Waals surface area (Å²) < 4.78 is 4.83. The zero-order chi connectivity index (χ0) is 15.5. The minimum Gasteiger partial charge on any atom is -0.464 e. The van der Waals surface area contributed by atoms with Crippen molar-refractivity contribution < 1.29 is 14.3 Å². The molecule has 0 bridgehead atoms. The van der Waals surface area contributed by atoms with E-state index < -0.39 is 22.0 Å². The lowest BCUT2D eigenvalue weighted by molar-refractivity contribution is -0.149. The van der Waals surface area contributed by atoms with Crippen LogP contribution >= 0.6 is 46.4 Å². The highest BCUT2D eigenvalue weighted by Crippen LogP contribution is 2.41. The Kier molecular flexibility index (Phi) is 6.14. The summed E-state index contributed by atoms with van der Waals surface area (Å²) in [5, 5.41) is -0.546. The number of carbonyl (C=O) groups excluding carboxylic acids is 2. The van der Waals surface area contributed by atoms with Gasteiger partial charge in [-0.05, 0) is 31.5 Å². The first-order chi connectivity index (χ1) is 9.25. The van der Waals surface area contributed by atoms with E-state index in [9.17, 15) is 9.59 Å². The fourth-order valence-electron chi connectivity index (χ4n) is 1.56. The lowest BCUT2D eigenvalue weighted by Crippen LogP contribution is -2.45. The van der Waals surface area contributed by atoms with Crippen molar-refractivity contribution in [1.29, 1.82) is 0 Å². The van der Waals surface area contributed by atoms with Crippen LogP contribution in [0.5, 0.6) is 0 Å². The molecule has 0 aromatic heterocycles. The van der Waals surface area contributed by atoms with Crippen LogP contribution in [-0.4, -0.2) is 23.2 Å². The fraction of sp³-hybridized carbons (Fsp3) is 0.385. The van der Waals surface area contributed by atoms with Crippen molar-refractivity contribution in [2.75, 3.05) is 6.61 Å². The largest absolute Gasteiger partial charge is 0.464 e. The molecule has 1 aromatic rings. The van der Waals surface area contributed by atoms with Crippen LogP contribution in [0.2, 0.25) is 10.0 Å². The van der Waals surface area contributed by atoms with Crippen LogP contribution in [0.25, 0.3) is 0 Å². The highest BCUT2D eigenvalue weighted by Gasteiger charge is 2.50. The normalized spacial score (nSPS) is 15.3. The molecular formula is C13H12Cl4O3. The molecule has 0 aliphatic rings. The van der Waals surface area contributed by atoms with E-state index in [0.29, 0.717) is 10.6 Å². The molecule has 1 rings (SSSR count). The van der Waals surface area contributed by atoms with Crippen LogP contribution in [0.1, 0.15) is 24.8 Å². The van der Waals surface area contributed by atoms with Crippen molar-refractivity contribution >= 4 is 58.2 Å². The van der Waals surface area contributed by atoms with Crippen molar-refractivity contribution in [2.45, 2.75) is 24.1 Å². The van der Waals surface area contributed by atoms with Crippen LogP contribution in [0.3, 0.4) is 0 Å². The fourth-order valence-corrected chi connectivity index (χ4v) is 2.43. The van der Waals surface area contributed by atoms with E-state index in [0.717, 1.165) is 0 Å². The number of esters is 1. The average molecular weight is 358 g/mol. The van der Waals surface area contributed by atoms with E-state index in [1.165, 1.54) is 19.1 Å². The van der Waals surface area contributed by atoms with Gasteiger partial charge in [0.15, 0.2) is 5.78 Å². The molecule has 0 heterocycles. The van der Waals surface area contributed by atoms with Crippen molar-refractivity contribution in [3.63, 3.8) is 0 Å². The average Bonchev–Trinajstić information content (AvgIpc) is 2.40. The molecule has 20 heavy (non-hydrogen) atoms. The first-order valence-electron chi connectivity index (χ1n) is 5.71. The van der Waals surface area contributed by atoms with E-state index in [2.05, 4.69) is 0 Å². The second-order valence-electron chi connectivity index (χ2n) is 4.02. The van der Waals surface area contributed by atoms with Gasteiger partial charge in [0, 0.05) is 0 Å². The van der Waals surface area contributed by atoms with Gasteiger partial charge in [-0.1, -0.05) is 40.9 Å². The van der Waals surface area contributed by atoms with E-state index in [4.69, 9.17) is 51.1 Å². The quantitative estimate of drug-likeness (QED) is 0.445. The minimum atomic E-state index is -2.01. The number of ketones is 1. The predicted molar refractivity (Wildman–Crippen MR) is 81.0 cm³/mol. The van der Waals surface area contributed by atoms with Crippen LogP contribution in [0.15, 0.2) is 18.2 Å². The third-order valence-electron chi connectivity index (χ3n) is 2.67. The van der Waals surface area contributed by atoms with E-state index in [1.807, 2.05) is 0 Å². The number of Topliss-reactive ketones (excluding diaryl/α,β-unsaturated/α-hetero) is 1. The number of ether oxygens (including phenoxy) is 1. The molecule has 0 fully saturated rings. The molecule has 0 aliphatic carbocycles. The lowest BCUT2D eigenvalue weighted by Gasteiger charge is -2.27. The summed E-state index contributed by atoms with van der Waals surface area (Å²) in [5.74, 6) is -1.50. The van der Waals surface area contributed by atoms with Gasteiger partial charge in [0.05, 0.1) is 22.0 Å². The van der Waals surface area contributed by atoms with Crippen LogP contribution in [0.4, 0.5) is 0 Å². The van der Waals surface area contributed by atoms with Gasteiger partial charge in [0.25, 0.3) is 0 Å². The van der Waals surface area contributed by atoms with Crippen LogP contribution in [0, 0.1) is 0 Å². The molecule has 2 atom stereocenters. The summed E-state index contributed by atoms with van der Waals surface area (Å²) >= 11 is 24.1. The van der Waals surface area contributed by atoms with Gasteiger partial charge >= 0.3 is 5.97 Å². The van der Waals surface area contributed by atoms with Gasteiger partial charge in [-0.25, -0.2) is 4.79 Å². The first kappa shape index (κ1) is 17.6. The molecule has 0 N–H and O–H groups in total. The molecule has 3 nitrogen and oxygen atoms in total. The third kappa shape index (κ3) is 3.40. The number of halogens is 4. The molecular weight excluding hydrogens is 346 g/mol. The Hall–Kier alpha value is -0.480. The second kappa shape index (κ2) is 6.99. The Morgan fingerprint density at radius 1 is 1.30 bits per heavy atom. The standard InChI is InChI=1S/C13H12Cl4O3/c1-3-20-12(19)13(17,7(2)18)11(16)8-4-5-9(14)10(15)6-8/h4-6,11H,3H2,1-2H3/t11-,13+/m0/s1. The lowest BCUT2D eigenvalue weighted by atomic mass is 9.94. The SMILES string of the molecule is CCOC(=O)[C@@](Cl)(C(C)=O)[C@@H](Cl)c1ccc(Cl)c(Cl)c1. The Bertz CT molecular complexity index is 532. The summed E-state index contributed by atoms with van der Waals surface area (Å²) in [7, 11) is 0. The Balaban J connectivity index is 3.23. The Morgan fingerprint density at radius 3 is 2.35 bits per heavy atom. The summed E-state index contributed by atoms with van der Waals surface area (Å²) in [5.41, 5.74) is 0.402. The highest BCUT2D eigenvalue weighted by molar-refractivity contribution is 6.50. The van der Waals surface area contributed by atoms with Crippen molar-refractivity contribution in [3.8, 4) is 0 Å². The van der Waals surface area contributed by atoms with Gasteiger partial charge in [-0.2, -0.15) is 0 Å². The maximum atomic E-state index is 12.0. The van der Waals surface area contributed by atoms with Crippen LogP contribution in [-0.2, 0) is 14.3 Å². The molecule has 0 spiro atoms. The van der Waals surface area contributed by atoms with Gasteiger partial charge in [-0.15, -0.1) is 11.6 Å². The monoisotopic (exact) mass is 356 g/mol. The maximum absolute atomic E-state index is 12.0. The summed E-state index contributed by atoms with van der Waals surface area (Å²) in [6.07, 6.45) is 0. The van der Waals surface area contributed by atoms with Crippen molar-refractivity contribution in [3.05, 3.63) is 33.8 Å². The Labute approximate surface area is 137 Å². The Morgan fingerprint density at radius 2 is 1.90 bits per heavy atom. The van der Waals surface area contributed by atoms with Gasteiger partial charge in [0.2, 0.25) is 4.87 Å². The molecule has 1 aromatic carbocycles. The predicted octanol–water partition coefficient (Wildman–Crippen LogP) is 4.40. The molecule has 0 saturated carbocycles. The van der Waals surface area contributed by atoms with Crippen molar-refractivity contribution in [1.82, 2.24) is 0 Å². The first-order valence-corrected chi connectivity index (χ1v) is 7.28. The smallest absolute Gasteiger partial charge is 0.336 e. The third-order valence-corrected chi connectivity index (χ3v) is 4.74. The number of hydrogen-bond acceptors (Lipinski definition) is 3. The number of benzene rings is 1. The second-order valence-corrected chi connectivity index (χ2v) is 5.87. The van der Waals surface area contributed by atoms with Gasteiger partial charge in [0.1, 0.15) is 0 Å². The minimum absolute atomic E-state index is 0.0889. The maximum Gasteiger partial charge on any atom is 0.336 e. The van der Waals surface area contributed by atoms with E-state index in [1.54, 1.807) is 13.0 Å². The summed E-state index contributed by atoms with van der Waals surface area (Å²) in [6, 6.07) is 4.52. The topological polar surface area (TPSA) is 43.4 Å². The summed E-state index contributed by atoms with van der Waals surface area (Å²) in [6.45, 7) is 2.88. The molecule has 0 aliphatic heterocycles. The molecule has 110 valence electrons. The highest BCUT2D eigenvalue weighted by atomic mass is 35.5. The van der Waals surface area contributed by atoms with Crippen LogP contribution < -0.4 is 0 Å². The molecule has 0 saturated heterocycles.